The van der Waals surface area contributed by atoms with E-state index in [2.05, 4.69) is 20.5 Å². The molecule has 2 rings (SSSR count). The average molecular weight is 333 g/mol. The molecule has 2 aromatic rings. The Hall–Kier alpha value is -1.51. The van der Waals surface area contributed by atoms with Crippen LogP contribution in [0.25, 0.3) is 0 Å². The fourth-order valence-electron chi connectivity index (χ4n) is 1.28. The molecule has 2 heterocycles. The van der Waals surface area contributed by atoms with Gasteiger partial charge in [-0.15, -0.1) is 10.2 Å². The van der Waals surface area contributed by atoms with E-state index < -0.39 is 0 Å². The van der Waals surface area contributed by atoms with E-state index in [1.165, 1.54) is 17.1 Å². The summed E-state index contributed by atoms with van der Waals surface area (Å²) in [6.07, 6.45) is 1.35. The molecular formula is C10H10Cl2N6OS. The number of thioether (sulfide) groups is 1. The minimum atomic E-state index is -0.283. The van der Waals surface area contributed by atoms with Gasteiger partial charge in [0.25, 0.3) is 0 Å². The number of nitrogens with one attached hydrogen (secondary N) is 1. The number of amides is 1. The zero-order valence-corrected chi connectivity index (χ0v) is 12.6. The molecule has 0 aliphatic carbocycles. The Kier molecular flexibility index (Phi) is 4.69. The van der Waals surface area contributed by atoms with Gasteiger partial charge in [0.1, 0.15) is 6.33 Å². The minimum Gasteiger partial charge on any atom is -0.336 e. The highest BCUT2D eigenvalue weighted by Crippen LogP contribution is 2.25. The SMILES string of the molecule is Cc1nc(NC(=O)CSc2nncn2N)c(Cl)cc1Cl. The third-order valence-corrected chi connectivity index (χ3v) is 3.86. The standard InChI is InChI=1S/C10H10Cl2N6OS/c1-5-6(11)2-7(12)9(15-5)16-8(19)3-20-10-17-14-4-18(10)13/h2,4H,3,13H2,1H3,(H,15,16,19). The van der Waals surface area contributed by atoms with E-state index in [9.17, 15) is 4.79 Å². The molecule has 0 unspecified atom stereocenters. The predicted molar refractivity (Wildman–Crippen MR) is 78.5 cm³/mol. The second-order valence-corrected chi connectivity index (χ2v) is 5.50. The van der Waals surface area contributed by atoms with Crippen molar-refractivity contribution in [2.24, 2.45) is 0 Å². The van der Waals surface area contributed by atoms with Crippen molar-refractivity contribution in [3.8, 4) is 0 Å². The molecule has 0 bridgehead atoms. The van der Waals surface area contributed by atoms with Crippen LogP contribution < -0.4 is 11.2 Å². The molecule has 106 valence electrons. The van der Waals surface area contributed by atoms with Crippen molar-refractivity contribution >= 4 is 46.7 Å². The Bertz CT molecular complexity index is 647. The number of carbonyl (C=O) groups excluding carboxylic acids is 1. The molecule has 0 saturated carbocycles. The number of halogens is 2. The Morgan fingerprint density at radius 3 is 2.90 bits per heavy atom. The van der Waals surface area contributed by atoms with Gasteiger partial charge in [0, 0.05) is 0 Å². The maximum Gasteiger partial charge on any atom is 0.236 e. The molecule has 0 aromatic carbocycles. The Morgan fingerprint density at radius 2 is 2.25 bits per heavy atom. The van der Waals surface area contributed by atoms with Crippen LogP contribution in [0.15, 0.2) is 17.6 Å². The highest BCUT2D eigenvalue weighted by Gasteiger charge is 2.12. The number of carbonyl (C=O) groups is 1. The molecule has 7 nitrogen and oxygen atoms in total. The first-order valence-corrected chi connectivity index (χ1v) is 7.12. The lowest BCUT2D eigenvalue weighted by molar-refractivity contribution is -0.113. The van der Waals surface area contributed by atoms with Gasteiger partial charge in [-0.2, -0.15) is 0 Å². The second kappa shape index (κ2) is 6.29. The molecule has 3 N–H and O–H groups in total. The molecule has 10 heteroatoms. The smallest absolute Gasteiger partial charge is 0.236 e. The largest absolute Gasteiger partial charge is 0.336 e. The minimum absolute atomic E-state index is 0.107. The van der Waals surface area contributed by atoms with Gasteiger partial charge in [-0.3, -0.25) is 4.79 Å². The topological polar surface area (TPSA) is 98.7 Å². The normalized spacial score (nSPS) is 10.6. The zero-order chi connectivity index (χ0) is 14.7. The summed E-state index contributed by atoms with van der Waals surface area (Å²) in [5, 5.41) is 11.1. The summed E-state index contributed by atoms with van der Waals surface area (Å²) in [7, 11) is 0. The lowest BCUT2D eigenvalue weighted by atomic mass is 10.3. The van der Waals surface area contributed by atoms with Crippen molar-refractivity contribution in [2.45, 2.75) is 12.1 Å². The van der Waals surface area contributed by atoms with Crippen LogP contribution in [0.5, 0.6) is 0 Å². The number of aryl methyl sites for hydroxylation is 1. The summed E-state index contributed by atoms with van der Waals surface area (Å²) >= 11 is 13.0. The highest BCUT2D eigenvalue weighted by molar-refractivity contribution is 7.99. The van der Waals surface area contributed by atoms with Crippen LogP contribution in [-0.2, 0) is 4.79 Å². The van der Waals surface area contributed by atoms with E-state index in [4.69, 9.17) is 29.0 Å². The van der Waals surface area contributed by atoms with E-state index in [0.717, 1.165) is 11.8 Å². The Morgan fingerprint density at radius 1 is 1.50 bits per heavy atom. The molecule has 0 radical (unpaired) electrons. The number of nitrogen functional groups attached to an aromatic ring is 1. The number of nitrogens with two attached hydrogens (primary N) is 1. The maximum atomic E-state index is 11.8. The molecule has 0 fully saturated rings. The maximum absolute atomic E-state index is 11.8. The van der Waals surface area contributed by atoms with Crippen molar-refractivity contribution < 1.29 is 4.79 Å². The number of aromatic nitrogens is 4. The lowest BCUT2D eigenvalue weighted by Crippen LogP contribution is -2.17. The Balaban J connectivity index is 1.98. The summed E-state index contributed by atoms with van der Waals surface area (Å²) in [6.45, 7) is 1.72. The summed E-state index contributed by atoms with van der Waals surface area (Å²) in [5.74, 6) is 5.63. The fourth-order valence-corrected chi connectivity index (χ4v) is 2.32. The first-order chi connectivity index (χ1) is 9.47. The predicted octanol–water partition coefficient (Wildman–Crippen LogP) is 1.73. The van der Waals surface area contributed by atoms with Crippen molar-refractivity contribution in [3.05, 3.63) is 28.1 Å². The Labute approximate surface area is 128 Å². The van der Waals surface area contributed by atoms with Crippen LogP contribution in [0.2, 0.25) is 10.0 Å². The zero-order valence-electron chi connectivity index (χ0n) is 10.3. The van der Waals surface area contributed by atoms with Gasteiger partial charge < -0.3 is 11.2 Å². The number of pyridine rings is 1. The molecule has 1 amide bonds. The van der Waals surface area contributed by atoms with Gasteiger partial charge in [0.2, 0.25) is 11.1 Å². The monoisotopic (exact) mass is 332 g/mol. The van der Waals surface area contributed by atoms with E-state index in [-0.39, 0.29) is 22.5 Å². The molecule has 0 atom stereocenters. The summed E-state index contributed by atoms with van der Waals surface area (Å²) < 4.78 is 1.23. The average Bonchev–Trinajstić information content (AvgIpc) is 2.79. The van der Waals surface area contributed by atoms with E-state index in [0.29, 0.717) is 15.9 Å². The summed E-state index contributed by atoms with van der Waals surface area (Å²) in [6, 6.07) is 1.53. The van der Waals surface area contributed by atoms with Crippen molar-refractivity contribution in [2.75, 3.05) is 16.9 Å². The number of hydrogen-bond donors (Lipinski definition) is 2. The molecular weight excluding hydrogens is 323 g/mol. The highest BCUT2D eigenvalue weighted by atomic mass is 35.5. The molecule has 2 aromatic heterocycles. The van der Waals surface area contributed by atoms with Crippen LogP contribution in [-0.4, -0.2) is 31.5 Å². The van der Waals surface area contributed by atoms with Crippen LogP contribution in [0, 0.1) is 6.92 Å². The van der Waals surface area contributed by atoms with Crippen molar-refractivity contribution in [3.63, 3.8) is 0 Å². The summed E-state index contributed by atoms with van der Waals surface area (Å²) in [5.41, 5.74) is 0.584. The van der Waals surface area contributed by atoms with Gasteiger partial charge in [-0.05, 0) is 13.0 Å². The van der Waals surface area contributed by atoms with Gasteiger partial charge in [-0.1, -0.05) is 35.0 Å². The van der Waals surface area contributed by atoms with Crippen LogP contribution >= 0.6 is 35.0 Å². The molecule has 0 spiro atoms. The summed E-state index contributed by atoms with van der Waals surface area (Å²) in [4.78, 5) is 15.9. The van der Waals surface area contributed by atoms with Gasteiger partial charge in [0.15, 0.2) is 5.82 Å². The van der Waals surface area contributed by atoms with Crippen molar-refractivity contribution in [1.29, 1.82) is 0 Å². The van der Waals surface area contributed by atoms with E-state index in [1.54, 1.807) is 6.92 Å². The number of hydrogen-bond acceptors (Lipinski definition) is 6. The van der Waals surface area contributed by atoms with Crippen LogP contribution in [0.4, 0.5) is 5.82 Å². The first kappa shape index (κ1) is 14.9. The van der Waals surface area contributed by atoms with Gasteiger partial charge in [0.05, 0.1) is 21.5 Å². The van der Waals surface area contributed by atoms with E-state index in [1.807, 2.05) is 0 Å². The number of rotatable bonds is 4. The third-order valence-electron chi connectivity index (χ3n) is 2.24. The van der Waals surface area contributed by atoms with E-state index >= 15 is 0 Å². The fraction of sp³-hybridized carbons (Fsp3) is 0.200. The molecule has 0 saturated heterocycles. The molecule has 20 heavy (non-hydrogen) atoms. The number of anilines is 1. The molecule has 0 aliphatic rings. The van der Waals surface area contributed by atoms with Gasteiger partial charge >= 0.3 is 0 Å². The van der Waals surface area contributed by atoms with Crippen LogP contribution in [0.3, 0.4) is 0 Å². The second-order valence-electron chi connectivity index (χ2n) is 3.74. The number of nitrogens with zero attached hydrogens (tertiary/aromatic N) is 4. The third kappa shape index (κ3) is 3.53. The quantitative estimate of drug-likeness (QED) is 0.653. The molecule has 0 aliphatic heterocycles. The van der Waals surface area contributed by atoms with Crippen molar-refractivity contribution in [1.82, 2.24) is 19.9 Å². The lowest BCUT2D eigenvalue weighted by Gasteiger charge is -2.08. The van der Waals surface area contributed by atoms with Gasteiger partial charge in [-0.25, -0.2) is 9.66 Å². The first-order valence-electron chi connectivity index (χ1n) is 5.37. The van der Waals surface area contributed by atoms with Crippen LogP contribution in [0.1, 0.15) is 5.69 Å².